The van der Waals surface area contributed by atoms with Crippen molar-refractivity contribution in [2.75, 3.05) is 0 Å². The van der Waals surface area contributed by atoms with Gasteiger partial charge in [-0.3, -0.25) is 9.59 Å². The van der Waals surface area contributed by atoms with Crippen LogP contribution in [-0.2, 0) is 19.1 Å². The average Bonchev–Trinajstić information content (AvgIpc) is 3.30. The normalized spacial score (nSPS) is 42.3. The first kappa shape index (κ1) is 37.8. The number of hydrogen-bond donors (Lipinski definition) is 5. The number of phenols is 2. The van der Waals surface area contributed by atoms with Crippen molar-refractivity contribution in [2.45, 2.75) is 104 Å². The molecule has 11 heteroatoms. The number of nitrogens with one attached hydrogen (secondary N) is 1. The Kier molecular flexibility index (Phi) is 11.9. The lowest BCUT2D eigenvalue weighted by molar-refractivity contribution is -0.356. The number of ketones is 1. The van der Waals surface area contributed by atoms with E-state index in [9.17, 15) is 30.0 Å². The van der Waals surface area contributed by atoms with Gasteiger partial charge in [0, 0.05) is 61.6 Å². The number of aliphatic hydroxyl groups is 2. The quantitative estimate of drug-likeness (QED) is 0.0677. The molecule has 3 aliphatic heterocycles. The Bertz CT molecular complexity index is 1430. The van der Waals surface area contributed by atoms with E-state index in [0.29, 0.717) is 24.8 Å². The Morgan fingerprint density at radius 2 is 1.65 bits per heavy atom. The largest absolute Gasteiger partial charge is 0.510 e. The summed E-state index contributed by atoms with van der Waals surface area (Å²) in [5.41, 5.74) is 1.84. The molecule has 4 fully saturated rings. The summed E-state index contributed by atoms with van der Waals surface area (Å²) in [7, 11) is 0. The number of carbonyl (C=O) groups excluding carboxylic acids is 2. The second kappa shape index (κ2) is 15.1. The zero-order valence-electron chi connectivity index (χ0n) is 28.7. The van der Waals surface area contributed by atoms with Crippen LogP contribution in [0.3, 0.4) is 0 Å². The first-order chi connectivity index (χ1) is 22.7. The van der Waals surface area contributed by atoms with Gasteiger partial charge < -0.3 is 35.2 Å². The van der Waals surface area contributed by atoms with Gasteiger partial charge in [0.15, 0.2) is 11.6 Å². The number of benzene rings is 1. The molecule has 5 aliphatic rings. The minimum atomic E-state index is -0.862. The molecule has 1 unspecified atom stereocenters. The maximum atomic E-state index is 13.2. The zero-order valence-corrected chi connectivity index (χ0v) is 33.0. The molecule has 6 rings (SSSR count). The molecular formula is C37H51I2NO8. The SMILES string of the molecule is CC1=C[C@@H]2CC[C@@H](O)[C@H](C)[C@@H]2[C@@H](C(O)=C2NC(=O)C(C)C2=O)[C@@H]1C[C@@H]1O[C@]2(CC[C@@H](C)[C@H](c3cc(O)cc(O)c3)O2)[C@H](C)C[C@H]1C.II. The fraction of sp³-hybridized carbons (Fsp3) is 0.676. The highest BCUT2D eigenvalue weighted by Gasteiger charge is 2.54. The molecule has 1 spiro atoms. The molecule has 1 amide bonds. The molecule has 5 N–H and O–H groups in total. The fourth-order valence-corrected chi connectivity index (χ4v) is 9.46. The van der Waals surface area contributed by atoms with Crippen molar-refractivity contribution >= 4 is 48.9 Å². The minimum Gasteiger partial charge on any atom is -0.510 e. The van der Waals surface area contributed by atoms with E-state index >= 15 is 0 Å². The molecule has 9 nitrogen and oxygen atoms in total. The molecule has 1 aromatic carbocycles. The van der Waals surface area contributed by atoms with E-state index in [2.05, 4.69) is 76.3 Å². The monoisotopic (exact) mass is 891 g/mol. The molecule has 3 saturated heterocycles. The molecule has 0 aromatic heterocycles. The van der Waals surface area contributed by atoms with Gasteiger partial charge in [-0.25, -0.2) is 0 Å². The summed E-state index contributed by atoms with van der Waals surface area (Å²) >= 11 is 4.24. The lowest BCUT2D eigenvalue weighted by Crippen LogP contribution is -2.55. The Morgan fingerprint density at radius 3 is 2.27 bits per heavy atom. The van der Waals surface area contributed by atoms with Crippen molar-refractivity contribution in [2.24, 2.45) is 53.3 Å². The number of carbonyl (C=O) groups is 2. The van der Waals surface area contributed by atoms with E-state index in [0.717, 1.165) is 24.8 Å². The zero-order chi connectivity index (χ0) is 35.2. The molecule has 2 aliphatic carbocycles. The van der Waals surface area contributed by atoms with E-state index < -0.39 is 35.4 Å². The van der Waals surface area contributed by atoms with Crippen molar-refractivity contribution in [3.05, 3.63) is 46.9 Å². The van der Waals surface area contributed by atoms with E-state index in [1.807, 2.05) is 6.92 Å². The molecule has 13 atom stereocenters. The Hall–Kier alpha value is -1.42. The van der Waals surface area contributed by atoms with Crippen LogP contribution in [0.4, 0.5) is 0 Å². The van der Waals surface area contributed by atoms with Gasteiger partial charge >= 0.3 is 0 Å². The number of halogens is 2. The predicted octanol–water partition coefficient (Wildman–Crippen LogP) is 7.82. The first-order valence-electron chi connectivity index (χ1n) is 17.4. The Morgan fingerprint density at radius 1 is 0.979 bits per heavy atom. The maximum absolute atomic E-state index is 13.2. The van der Waals surface area contributed by atoms with Gasteiger partial charge in [0.25, 0.3) is 0 Å². The van der Waals surface area contributed by atoms with Gasteiger partial charge in [-0.05, 0) is 99.2 Å². The van der Waals surface area contributed by atoms with Gasteiger partial charge in [0.05, 0.1) is 18.3 Å². The molecule has 1 aromatic rings. The highest BCUT2D eigenvalue weighted by Crippen LogP contribution is 2.55. The number of allylic oxidation sites excluding steroid dienone is 4. The molecule has 1 saturated carbocycles. The van der Waals surface area contributed by atoms with Crippen LogP contribution >= 0.6 is 37.2 Å². The number of fused-ring (bicyclic) bond motifs is 1. The van der Waals surface area contributed by atoms with Gasteiger partial charge in [0.2, 0.25) is 5.91 Å². The average molecular weight is 892 g/mol. The third-order valence-electron chi connectivity index (χ3n) is 12.3. The molecule has 48 heavy (non-hydrogen) atoms. The maximum Gasteiger partial charge on any atom is 0.235 e. The summed E-state index contributed by atoms with van der Waals surface area (Å²) in [5.74, 6) is -2.89. The molecule has 0 bridgehead atoms. The summed E-state index contributed by atoms with van der Waals surface area (Å²) in [6.07, 6.45) is 5.71. The number of aliphatic hydroxyl groups excluding tert-OH is 2. The topological polar surface area (TPSA) is 146 Å². The van der Waals surface area contributed by atoms with Crippen LogP contribution < -0.4 is 5.32 Å². The number of ether oxygens (including phenoxy) is 2. The van der Waals surface area contributed by atoms with Crippen molar-refractivity contribution in [1.29, 1.82) is 0 Å². The summed E-state index contributed by atoms with van der Waals surface area (Å²) in [6.45, 7) is 12.2. The highest BCUT2D eigenvalue weighted by atomic mass is 128. The smallest absolute Gasteiger partial charge is 0.235 e. The predicted molar refractivity (Wildman–Crippen MR) is 199 cm³/mol. The number of hydrogen-bond acceptors (Lipinski definition) is 8. The van der Waals surface area contributed by atoms with Crippen LogP contribution in [-0.4, -0.2) is 50.1 Å². The first-order valence-corrected chi connectivity index (χ1v) is 23.7. The minimum absolute atomic E-state index is 0.00211. The van der Waals surface area contributed by atoms with E-state index in [1.165, 1.54) is 6.07 Å². The standard InChI is InChI=1S/C37H51NO8.I2/c1-17-9-10-37(46-35(17)24-13-25(39)15-26(40)14-24)20(4)11-19(3)29(45-37)16-27-18(2)12-23-7-8-28(41)21(5)30(23)31(27)34(43)32-33(42)22(6)36(44)38-32;1-2/h12-15,17,19-23,27-31,35,39-41,43H,7-11,16H2,1-6H3,(H,38,44);/t17-,19-,20-,21+,22?,23+,27-,28-,29+,30+,31+,35-,37+;/m1./s1. The van der Waals surface area contributed by atoms with Crippen LogP contribution in [0.1, 0.15) is 91.7 Å². The molecule has 0 radical (unpaired) electrons. The van der Waals surface area contributed by atoms with E-state index in [-0.39, 0.29) is 76.6 Å². The molecular weight excluding hydrogens is 840 g/mol. The number of aromatic hydroxyl groups is 2. The van der Waals surface area contributed by atoms with Gasteiger partial charge in [0.1, 0.15) is 28.9 Å². The van der Waals surface area contributed by atoms with Gasteiger partial charge in [-0.15, -0.1) is 0 Å². The number of amides is 1. The molecule has 266 valence electrons. The van der Waals surface area contributed by atoms with Crippen LogP contribution in [0.5, 0.6) is 11.5 Å². The lowest BCUT2D eigenvalue weighted by Gasteiger charge is -2.54. The Labute approximate surface area is 307 Å². The van der Waals surface area contributed by atoms with Crippen molar-refractivity contribution < 1.29 is 39.5 Å². The Balaban J connectivity index is 0.00000221. The summed E-state index contributed by atoms with van der Waals surface area (Å²) < 4.78 is 14.0. The summed E-state index contributed by atoms with van der Waals surface area (Å²) in [5, 5.41) is 46.1. The number of phenolic OH excluding ortho intramolecular Hbond substituents is 2. The number of rotatable bonds is 4. The summed E-state index contributed by atoms with van der Waals surface area (Å²) in [6, 6.07) is 4.60. The van der Waals surface area contributed by atoms with Gasteiger partial charge in [-0.2, -0.15) is 0 Å². The van der Waals surface area contributed by atoms with E-state index in [1.54, 1.807) is 19.1 Å². The fourth-order valence-electron chi connectivity index (χ4n) is 9.46. The second-order valence-corrected chi connectivity index (χ2v) is 15.3. The van der Waals surface area contributed by atoms with Crippen LogP contribution in [0.15, 0.2) is 41.3 Å². The van der Waals surface area contributed by atoms with Crippen LogP contribution in [0, 0.1) is 53.3 Å². The van der Waals surface area contributed by atoms with Gasteiger partial charge in [-0.1, -0.05) is 39.3 Å². The third kappa shape index (κ3) is 7.05. The third-order valence-corrected chi connectivity index (χ3v) is 12.3. The van der Waals surface area contributed by atoms with Crippen LogP contribution in [0.25, 0.3) is 0 Å². The molecule has 3 heterocycles. The highest BCUT2D eigenvalue weighted by molar-refractivity contribution is 15.0. The van der Waals surface area contributed by atoms with Crippen molar-refractivity contribution in [3.63, 3.8) is 0 Å². The van der Waals surface area contributed by atoms with E-state index in [4.69, 9.17) is 9.47 Å². The van der Waals surface area contributed by atoms with Crippen LogP contribution in [0.2, 0.25) is 0 Å². The van der Waals surface area contributed by atoms with Crippen molar-refractivity contribution in [1.82, 2.24) is 5.32 Å². The van der Waals surface area contributed by atoms with Crippen molar-refractivity contribution in [3.8, 4) is 11.5 Å². The number of Topliss-reactive ketones (excluding diaryl/α,β-unsaturated/α-hetero) is 1. The second-order valence-electron chi connectivity index (χ2n) is 15.3. The lowest BCUT2D eigenvalue weighted by atomic mass is 9.56. The summed E-state index contributed by atoms with van der Waals surface area (Å²) in [4.78, 5) is 25.6.